The SMILES string of the molecule is Cc1ccc(NC(=O)[C@@H]2CN(S(=O)(=O)c3ccccc3)c3cc(C(C)(C)C)ccc3O2)cc1Cl. The maximum atomic E-state index is 13.6. The van der Waals surface area contributed by atoms with Gasteiger partial charge in [-0.2, -0.15) is 0 Å². The van der Waals surface area contributed by atoms with Crippen LogP contribution in [0.25, 0.3) is 0 Å². The minimum Gasteiger partial charge on any atom is -0.476 e. The summed E-state index contributed by atoms with van der Waals surface area (Å²) in [5, 5.41) is 3.31. The van der Waals surface area contributed by atoms with E-state index in [4.69, 9.17) is 16.3 Å². The van der Waals surface area contributed by atoms with Crippen molar-refractivity contribution < 1.29 is 17.9 Å². The van der Waals surface area contributed by atoms with Gasteiger partial charge in [0.1, 0.15) is 5.75 Å². The van der Waals surface area contributed by atoms with Crippen molar-refractivity contribution in [1.82, 2.24) is 0 Å². The molecule has 1 aliphatic heterocycles. The number of ether oxygens (including phenoxy) is 1. The molecule has 1 N–H and O–H groups in total. The molecule has 1 amide bonds. The van der Waals surface area contributed by atoms with Gasteiger partial charge in [-0.3, -0.25) is 9.10 Å². The third-order valence-corrected chi connectivity index (χ3v) is 7.96. The van der Waals surface area contributed by atoms with Gasteiger partial charge in [-0.1, -0.05) is 62.7 Å². The van der Waals surface area contributed by atoms with Crippen molar-refractivity contribution in [3.05, 3.63) is 82.9 Å². The molecule has 178 valence electrons. The molecule has 0 unspecified atom stereocenters. The van der Waals surface area contributed by atoms with Crippen LogP contribution in [0.1, 0.15) is 31.9 Å². The molecule has 0 fully saturated rings. The third-order valence-electron chi connectivity index (χ3n) is 5.76. The largest absolute Gasteiger partial charge is 0.476 e. The summed E-state index contributed by atoms with van der Waals surface area (Å²) < 4.78 is 34.5. The highest BCUT2D eigenvalue weighted by atomic mass is 35.5. The second kappa shape index (κ2) is 8.96. The lowest BCUT2D eigenvalue weighted by atomic mass is 9.86. The highest BCUT2D eigenvalue weighted by Crippen LogP contribution is 2.40. The van der Waals surface area contributed by atoms with Crippen LogP contribution >= 0.6 is 11.6 Å². The standard InChI is InChI=1S/C26H27ClN2O4S/c1-17-10-12-19(15-21(17)27)28-25(30)24-16-29(34(31,32)20-8-6-5-7-9-20)22-14-18(26(2,3)4)11-13-23(22)33-24/h5-15,24H,16H2,1-4H3,(H,28,30)/t24-/m0/s1. The number of halogens is 1. The topological polar surface area (TPSA) is 75.7 Å². The molecule has 0 aliphatic carbocycles. The van der Waals surface area contributed by atoms with Crippen molar-refractivity contribution >= 4 is 38.9 Å². The Balaban J connectivity index is 1.73. The fraction of sp³-hybridized carbons (Fsp3) is 0.269. The Kier molecular flexibility index (Phi) is 6.36. The molecule has 3 aromatic carbocycles. The average molecular weight is 499 g/mol. The normalized spacial score (nSPS) is 15.9. The zero-order valence-electron chi connectivity index (χ0n) is 19.5. The molecule has 0 bridgehead atoms. The van der Waals surface area contributed by atoms with Crippen molar-refractivity contribution in [3.8, 4) is 5.75 Å². The Labute approximate surface area is 205 Å². The number of hydrogen-bond donors (Lipinski definition) is 1. The van der Waals surface area contributed by atoms with Gasteiger partial charge >= 0.3 is 0 Å². The number of nitrogens with zero attached hydrogens (tertiary/aromatic N) is 1. The van der Waals surface area contributed by atoms with Gasteiger partial charge in [0.25, 0.3) is 15.9 Å². The molecule has 0 saturated carbocycles. The van der Waals surface area contributed by atoms with Crippen molar-refractivity contribution in [2.24, 2.45) is 0 Å². The van der Waals surface area contributed by atoms with E-state index in [1.54, 1.807) is 54.6 Å². The summed E-state index contributed by atoms with van der Waals surface area (Å²) in [7, 11) is -3.94. The van der Waals surface area contributed by atoms with E-state index in [0.29, 0.717) is 22.1 Å². The molecular formula is C26H27ClN2O4S. The molecule has 1 atom stereocenters. The number of carbonyl (C=O) groups is 1. The summed E-state index contributed by atoms with van der Waals surface area (Å²) in [6.45, 7) is 7.86. The molecule has 0 aromatic heterocycles. The molecule has 8 heteroatoms. The van der Waals surface area contributed by atoms with Crippen LogP contribution in [0.2, 0.25) is 5.02 Å². The van der Waals surface area contributed by atoms with Gasteiger partial charge < -0.3 is 10.1 Å². The second-order valence-electron chi connectivity index (χ2n) is 9.34. The quantitative estimate of drug-likeness (QED) is 0.512. The first kappa shape index (κ1) is 24.1. The summed E-state index contributed by atoms with van der Waals surface area (Å²) in [6.07, 6.45) is -1.05. The van der Waals surface area contributed by atoms with E-state index in [0.717, 1.165) is 11.1 Å². The minimum atomic E-state index is -3.94. The van der Waals surface area contributed by atoms with E-state index in [9.17, 15) is 13.2 Å². The van der Waals surface area contributed by atoms with Gasteiger partial charge in [0.15, 0.2) is 6.10 Å². The number of fused-ring (bicyclic) bond motifs is 1. The zero-order valence-corrected chi connectivity index (χ0v) is 21.1. The Morgan fingerprint density at radius 1 is 1.06 bits per heavy atom. The average Bonchev–Trinajstić information content (AvgIpc) is 2.80. The molecule has 0 saturated heterocycles. The number of nitrogens with one attached hydrogen (secondary N) is 1. The Hall–Kier alpha value is -3.03. The van der Waals surface area contributed by atoms with Gasteiger partial charge in [0, 0.05) is 10.7 Å². The van der Waals surface area contributed by atoms with Crippen LogP contribution in [0.15, 0.2) is 71.6 Å². The summed E-state index contributed by atoms with van der Waals surface area (Å²) in [5.41, 5.74) is 2.57. The number of aryl methyl sites for hydroxylation is 1. The molecule has 4 rings (SSSR count). The summed E-state index contributed by atoms with van der Waals surface area (Å²) in [6, 6.07) is 18.8. The minimum absolute atomic E-state index is 0.147. The number of carbonyl (C=O) groups excluding carboxylic acids is 1. The molecule has 0 spiro atoms. The zero-order chi connectivity index (χ0) is 24.7. The molecule has 0 radical (unpaired) electrons. The predicted molar refractivity (Wildman–Crippen MR) is 135 cm³/mol. The van der Waals surface area contributed by atoms with Crippen molar-refractivity contribution in [2.75, 3.05) is 16.2 Å². The lowest BCUT2D eigenvalue weighted by molar-refractivity contribution is -0.122. The summed E-state index contributed by atoms with van der Waals surface area (Å²) >= 11 is 6.18. The Morgan fingerprint density at radius 3 is 2.41 bits per heavy atom. The van der Waals surface area contributed by atoms with Crippen LogP contribution in [0, 0.1) is 6.92 Å². The lowest BCUT2D eigenvalue weighted by Gasteiger charge is -2.36. The Bertz CT molecular complexity index is 1330. The highest BCUT2D eigenvalue weighted by Gasteiger charge is 2.38. The van der Waals surface area contributed by atoms with Gasteiger partial charge in [0.2, 0.25) is 0 Å². The molecule has 34 heavy (non-hydrogen) atoms. The number of benzene rings is 3. The third kappa shape index (κ3) is 4.76. The first-order valence-electron chi connectivity index (χ1n) is 10.9. The summed E-state index contributed by atoms with van der Waals surface area (Å²) in [4.78, 5) is 13.3. The summed E-state index contributed by atoms with van der Waals surface area (Å²) in [5.74, 6) is -0.125. The Morgan fingerprint density at radius 2 is 1.76 bits per heavy atom. The van der Waals surface area contributed by atoms with Crippen LogP contribution < -0.4 is 14.4 Å². The first-order valence-corrected chi connectivity index (χ1v) is 12.7. The molecular weight excluding hydrogens is 472 g/mol. The number of rotatable bonds is 4. The van der Waals surface area contributed by atoms with Crippen LogP contribution in [-0.4, -0.2) is 27.0 Å². The number of amides is 1. The van der Waals surface area contributed by atoms with Crippen molar-refractivity contribution in [1.29, 1.82) is 0 Å². The van der Waals surface area contributed by atoms with Crippen molar-refractivity contribution in [3.63, 3.8) is 0 Å². The number of sulfonamides is 1. The van der Waals surface area contributed by atoms with E-state index in [2.05, 4.69) is 26.1 Å². The van der Waals surface area contributed by atoms with Crippen LogP contribution in [0.4, 0.5) is 11.4 Å². The molecule has 3 aromatic rings. The van der Waals surface area contributed by atoms with Crippen LogP contribution in [-0.2, 0) is 20.2 Å². The monoisotopic (exact) mass is 498 g/mol. The fourth-order valence-electron chi connectivity index (χ4n) is 3.70. The molecule has 1 aliphatic rings. The van der Waals surface area contributed by atoms with Gasteiger partial charge in [-0.25, -0.2) is 8.42 Å². The maximum Gasteiger partial charge on any atom is 0.267 e. The van der Waals surface area contributed by atoms with Crippen LogP contribution in [0.5, 0.6) is 5.75 Å². The first-order chi connectivity index (χ1) is 16.0. The second-order valence-corrected chi connectivity index (χ2v) is 11.6. The van der Waals surface area contributed by atoms with Crippen LogP contribution in [0.3, 0.4) is 0 Å². The number of anilines is 2. The van der Waals surface area contributed by atoms with E-state index in [1.165, 1.54) is 4.31 Å². The molecule has 1 heterocycles. The smallest absolute Gasteiger partial charge is 0.267 e. The van der Waals surface area contributed by atoms with E-state index >= 15 is 0 Å². The highest BCUT2D eigenvalue weighted by molar-refractivity contribution is 7.92. The van der Waals surface area contributed by atoms with Gasteiger partial charge in [-0.15, -0.1) is 0 Å². The van der Waals surface area contributed by atoms with E-state index in [1.807, 2.05) is 19.1 Å². The van der Waals surface area contributed by atoms with Gasteiger partial charge in [0.05, 0.1) is 17.1 Å². The maximum absolute atomic E-state index is 13.6. The van der Waals surface area contributed by atoms with E-state index in [-0.39, 0.29) is 16.9 Å². The van der Waals surface area contributed by atoms with Crippen molar-refractivity contribution in [2.45, 2.75) is 44.1 Å². The fourth-order valence-corrected chi connectivity index (χ4v) is 5.36. The van der Waals surface area contributed by atoms with Gasteiger partial charge in [-0.05, 0) is 59.9 Å². The molecule has 6 nitrogen and oxygen atoms in total. The van der Waals surface area contributed by atoms with E-state index < -0.39 is 22.0 Å². The lowest BCUT2D eigenvalue weighted by Crippen LogP contribution is -2.49. The predicted octanol–water partition coefficient (Wildman–Crippen LogP) is 5.54. The number of hydrogen-bond acceptors (Lipinski definition) is 4.